The summed E-state index contributed by atoms with van der Waals surface area (Å²) in [4.78, 5) is 14.5. The van der Waals surface area contributed by atoms with Crippen LogP contribution in [0.5, 0.6) is 0 Å². The summed E-state index contributed by atoms with van der Waals surface area (Å²) in [5, 5.41) is 9.26. The molecule has 0 amide bonds. The molecule has 2 heterocycles. The van der Waals surface area contributed by atoms with Gasteiger partial charge in [0.05, 0.1) is 6.54 Å². The van der Waals surface area contributed by atoms with Crippen molar-refractivity contribution in [2.24, 2.45) is 0 Å². The fourth-order valence-corrected chi connectivity index (χ4v) is 4.01. The number of benzene rings is 1. The van der Waals surface area contributed by atoms with E-state index in [-0.39, 0.29) is 12.0 Å². The van der Waals surface area contributed by atoms with Gasteiger partial charge in [-0.15, -0.1) is 10.2 Å². The van der Waals surface area contributed by atoms with E-state index < -0.39 is 0 Å². The van der Waals surface area contributed by atoms with Crippen molar-refractivity contribution in [2.45, 2.75) is 36.4 Å². The van der Waals surface area contributed by atoms with E-state index in [0.717, 1.165) is 34.3 Å². The first-order valence-electron chi connectivity index (χ1n) is 7.57. The summed E-state index contributed by atoms with van der Waals surface area (Å²) in [6, 6.07) is 9.61. The molecule has 0 radical (unpaired) electrons. The lowest BCUT2D eigenvalue weighted by atomic mass is 10.2. The van der Waals surface area contributed by atoms with Crippen LogP contribution >= 0.6 is 23.1 Å². The molecule has 1 fully saturated rings. The van der Waals surface area contributed by atoms with Crippen LogP contribution in [-0.4, -0.2) is 39.9 Å². The van der Waals surface area contributed by atoms with Crippen molar-refractivity contribution >= 4 is 29.1 Å². The minimum absolute atomic E-state index is 0.138. The number of hydrogen-bond donors (Lipinski definition) is 0. The van der Waals surface area contributed by atoms with Crippen molar-refractivity contribution in [3.63, 3.8) is 0 Å². The third-order valence-corrected chi connectivity index (χ3v) is 5.70. The first kappa shape index (κ1) is 16.4. The van der Waals surface area contributed by atoms with Gasteiger partial charge in [0.25, 0.3) is 0 Å². The first-order valence-corrected chi connectivity index (χ1v) is 9.61. The Morgan fingerprint density at radius 1 is 1.39 bits per heavy atom. The second kappa shape index (κ2) is 7.90. The van der Waals surface area contributed by atoms with E-state index in [9.17, 15) is 4.79 Å². The van der Waals surface area contributed by atoms with Gasteiger partial charge < -0.3 is 4.74 Å². The SMILES string of the molecule is CSc1nnc(CN2CCCC2C(=O)OCc2ccccc2)s1. The van der Waals surface area contributed by atoms with Crippen LogP contribution in [0.25, 0.3) is 0 Å². The zero-order valence-corrected chi connectivity index (χ0v) is 14.6. The monoisotopic (exact) mass is 349 g/mol. The van der Waals surface area contributed by atoms with E-state index in [0.29, 0.717) is 13.2 Å². The van der Waals surface area contributed by atoms with Gasteiger partial charge in [0.2, 0.25) is 0 Å². The predicted molar refractivity (Wildman–Crippen MR) is 91.4 cm³/mol. The van der Waals surface area contributed by atoms with Gasteiger partial charge in [-0.2, -0.15) is 0 Å². The third-order valence-electron chi connectivity index (χ3n) is 3.82. The number of carbonyl (C=O) groups excluding carboxylic acids is 1. The largest absolute Gasteiger partial charge is 0.460 e. The molecule has 1 aromatic carbocycles. The summed E-state index contributed by atoms with van der Waals surface area (Å²) < 4.78 is 6.45. The average molecular weight is 349 g/mol. The summed E-state index contributed by atoms with van der Waals surface area (Å²) in [6.45, 7) is 1.90. The van der Waals surface area contributed by atoms with Gasteiger partial charge in [-0.3, -0.25) is 9.69 Å². The Labute approximate surface area is 144 Å². The number of aromatic nitrogens is 2. The van der Waals surface area contributed by atoms with E-state index >= 15 is 0 Å². The Balaban J connectivity index is 1.56. The first-order chi connectivity index (χ1) is 11.3. The van der Waals surface area contributed by atoms with Gasteiger partial charge in [-0.25, -0.2) is 0 Å². The second-order valence-corrected chi connectivity index (χ2v) is 7.50. The number of hydrogen-bond acceptors (Lipinski definition) is 7. The maximum absolute atomic E-state index is 12.4. The smallest absolute Gasteiger partial charge is 0.323 e. The molecule has 0 bridgehead atoms. The quantitative estimate of drug-likeness (QED) is 0.590. The second-order valence-electron chi connectivity index (χ2n) is 5.39. The number of likely N-dealkylation sites (tertiary alicyclic amines) is 1. The Bertz CT molecular complexity index is 648. The molecule has 23 heavy (non-hydrogen) atoms. The lowest BCUT2D eigenvalue weighted by Gasteiger charge is -2.21. The number of rotatable bonds is 6. The number of thioether (sulfide) groups is 1. The van der Waals surface area contributed by atoms with Gasteiger partial charge in [-0.1, -0.05) is 53.4 Å². The van der Waals surface area contributed by atoms with E-state index in [1.807, 2.05) is 36.6 Å². The molecule has 3 rings (SSSR count). The van der Waals surface area contributed by atoms with E-state index in [1.165, 1.54) is 0 Å². The third kappa shape index (κ3) is 4.31. The van der Waals surface area contributed by atoms with Crippen molar-refractivity contribution in [1.29, 1.82) is 0 Å². The van der Waals surface area contributed by atoms with Crippen LogP contribution in [0.2, 0.25) is 0 Å². The molecule has 1 unspecified atom stereocenters. The fraction of sp³-hybridized carbons (Fsp3) is 0.438. The van der Waals surface area contributed by atoms with E-state index in [2.05, 4.69) is 15.1 Å². The number of ether oxygens (including phenoxy) is 1. The van der Waals surface area contributed by atoms with Crippen LogP contribution in [0.3, 0.4) is 0 Å². The normalized spacial score (nSPS) is 18.2. The highest BCUT2D eigenvalue weighted by Gasteiger charge is 2.32. The number of carbonyl (C=O) groups is 1. The molecule has 0 N–H and O–H groups in total. The van der Waals surface area contributed by atoms with Crippen LogP contribution in [-0.2, 0) is 22.7 Å². The molecule has 1 aromatic heterocycles. The summed E-state index contributed by atoms with van der Waals surface area (Å²) >= 11 is 3.19. The Morgan fingerprint density at radius 3 is 2.96 bits per heavy atom. The summed E-state index contributed by atoms with van der Waals surface area (Å²) in [5.41, 5.74) is 1.01. The van der Waals surface area contributed by atoms with Crippen molar-refractivity contribution in [3.05, 3.63) is 40.9 Å². The van der Waals surface area contributed by atoms with Gasteiger partial charge in [-0.05, 0) is 31.2 Å². The molecular weight excluding hydrogens is 330 g/mol. The fourth-order valence-electron chi connectivity index (χ4n) is 2.67. The lowest BCUT2D eigenvalue weighted by Crippen LogP contribution is -2.36. The maximum atomic E-state index is 12.4. The number of nitrogens with zero attached hydrogens (tertiary/aromatic N) is 3. The molecule has 5 nitrogen and oxygen atoms in total. The Kier molecular flexibility index (Phi) is 5.64. The minimum atomic E-state index is -0.166. The zero-order valence-electron chi connectivity index (χ0n) is 13.0. The summed E-state index contributed by atoms with van der Waals surface area (Å²) in [7, 11) is 0. The van der Waals surface area contributed by atoms with Crippen LogP contribution in [0, 0.1) is 0 Å². The number of esters is 1. The molecule has 1 saturated heterocycles. The van der Waals surface area contributed by atoms with Crippen LogP contribution in [0.1, 0.15) is 23.4 Å². The highest BCUT2D eigenvalue weighted by atomic mass is 32.2. The summed E-state index contributed by atoms with van der Waals surface area (Å²) in [5.74, 6) is -0.138. The minimum Gasteiger partial charge on any atom is -0.460 e. The van der Waals surface area contributed by atoms with Gasteiger partial charge in [0.15, 0.2) is 4.34 Å². The van der Waals surface area contributed by atoms with Crippen molar-refractivity contribution in [3.8, 4) is 0 Å². The molecule has 1 atom stereocenters. The van der Waals surface area contributed by atoms with Crippen LogP contribution in [0.4, 0.5) is 0 Å². The van der Waals surface area contributed by atoms with Gasteiger partial charge >= 0.3 is 5.97 Å². The maximum Gasteiger partial charge on any atom is 0.323 e. The molecule has 7 heteroatoms. The van der Waals surface area contributed by atoms with Crippen molar-refractivity contribution in [1.82, 2.24) is 15.1 Å². The Hall–Kier alpha value is -1.44. The lowest BCUT2D eigenvalue weighted by molar-refractivity contribution is -0.150. The highest BCUT2D eigenvalue weighted by molar-refractivity contribution is 8.00. The highest BCUT2D eigenvalue weighted by Crippen LogP contribution is 2.25. The molecule has 2 aromatic rings. The average Bonchev–Trinajstić information content (AvgIpc) is 3.23. The van der Waals surface area contributed by atoms with Crippen LogP contribution < -0.4 is 0 Å². The predicted octanol–water partition coefficient (Wildman–Crippen LogP) is 2.97. The molecule has 1 aliphatic heterocycles. The van der Waals surface area contributed by atoms with Crippen molar-refractivity contribution in [2.75, 3.05) is 12.8 Å². The van der Waals surface area contributed by atoms with E-state index in [1.54, 1.807) is 23.1 Å². The molecule has 122 valence electrons. The molecule has 0 aliphatic carbocycles. The molecular formula is C16H19N3O2S2. The zero-order chi connectivity index (χ0) is 16.1. The van der Waals surface area contributed by atoms with Gasteiger partial charge in [0, 0.05) is 0 Å². The standard InChI is InChI=1S/C16H19N3O2S2/c1-22-16-18-17-14(23-16)10-19-9-5-8-13(19)15(20)21-11-12-6-3-2-4-7-12/h2-4,6-7,13H,5,8-11H2,1H3. The van der Waals surface area contributed by atoms with E-state index in [4.69, 9.17) is 4.74 Å². The molecule has 1 aliphatic rings. The van der Waals surface area contributed by atoms with Gasteiger partial charge in [0.1, 0.15) is 17.7 Å². The van der Waals surface area contributed by atoms with Crippen molar-refractivity contribution < 1.29 is 9.53 Å². The molecule has 0 saturated carbocycles. The molecule has 0 spiro atoms. The Morgan fingerprint density at radius 2 is 2.22 bits per heavy atom. The summed E-state index contributed by atoms with van der Waals surface area (Å²) in [6.07, 6.45) is 3.85. The topological polar surface area (TPSA) is 55.3 Å². The van der Waals surface area contributed by atoms with Crippen LogP contribution in [0.15, 0.2) is 34.7 Å².